The van der Waals surface area contributed by atoms with E-state index in [1.807, 2.05) is 20.8 Å². The van der Waals surface area contributed by atoms with Crippen LogP contribution in [0.25, 0.3) is 11.3 Å². The number of hydrogen-bond donors (Lipinski definition) is 0. The Bertz CT molecular complexity index is 762. The summed E-state index contributed by atoms with van der Waals surface area (Å²) in [5.74, 6) is 0.424. The summed E-state index contributed by atoms with van der Waals surface area (Å²) in [7, 11) is 1.44. The summed E-state index contributed by atoms with van der Waals surface area (Å²) >= 11 is 0. The van der Waals surface area contributed by atoms with Crippen molar-refractivity contribution < 1.29 is 27.4 Å². The van der Waals surface area contributed by atoms with Gasteiger partial charge in [0.1, 0.15) is 11.5 Å². The first-order valence-electron chi connectivity index (χ1n) is 8.77. The lowest BCUT2D eigenvalue weighted by Crippen LogP contribution is -2.17. The molecule has 0 aliphatic carbocycles. The molecule has 0 radical (unpaired) electrons. The summed E-state index contributed by atoms with van der Waals surface area (Å²) in [4.78, 5) is 8.86. The van der Waals surface area contributed by atoms with Crippen LogP contribution in [-0.4, -0.2) is 29.5 Å². The van der Waals surface area contributed by atoms with Crippen molar-refractivity contribution in [3.63, 3.8) is 0 Å². The number of halogens is 3. The number of hydrogen-bond acceptors (Lipinski definition) is 5. The molecule has 0 bridgehead atoms. The molecule has 1 aromatic heterocycles. The van der Waals surface area contributed by atoms with Gasteiger partial charge in [-0.05, 0) is 37.5 Å². The van der Waals surface area contributed by atoms with E-state index in [9.17, 15) is 13.2 Å². The molecule has 0 saturated heterocycles. The van der Waals surface area contributed by atoms with Crippen LogP contribution in [0.15, 0.2) is 24.4 Å². The van der Waals surface area contributed by atoms with Crippen LogP contribution < -0.4 is 14.2 Å². The van der Waals surface area contributed by atoms with E-state index in [4.69, 9.17) is 9.47 Å². The molecule has 0 N–H and O–H groups in total. The molecular formula is C19H23F3N2O3. The van der Waals surface area contributed by atoms with E-state index in [1.54, 1.807) is 0 Å². The van der Waals surface area contributed by atoms with E-state index in [1.165, 1.54) is 31.5 Å². The average molecular weight is 384 g/mol. The van der Waals surface area contributed by atoms with Crippen molar-refractivity contribution in [3.8, 4) is 28.6 Å². The van der Waals surface area contributed by atoms with E-state index in [0.717, 1.165) is 12.8 Å². The second-order valence-electron chi connectivity index (χ2n) is 5.82. The molecule has 27 heavy (non-hydrogen) atoms. The van der Waals surface area contributed by atoms with Gasteiger partial charge in [0.15, 0.2) is 0 Å². The third kappa shape index (κ3) is 5.48. The number of rotatable bonds is 8. The van der Waals surface area contributed by atoms with E-state index in [-0.39, 0.29) is 11.9 Å². The van der Waals surface area contributed by atoms with Crippen LogP contribution in [0.5, 0.6) is 17.4 Å². The monoisotopic (exact) mass is 384 g/mol. The van der Waals surface area contributed by atoms with Crippen LogP contribution in [0.1, 0.15) is 39.3 Å². The molecule has 8 heteroatoms. The topological polar surface area (TPSA) is 53.5 Å². The van der Waals surface area contributed by atoms with Gasteiger partial charge in [-0.15, -0.1) is 13.2 Å². The second-order valence-corrected chi connectivity index (χ2v) is 5.82. The van der Waals surface area contributed by atoms with Gasteiger partial charge < -0.3 is 14.2 Å². The minimum Gasteiger partial charge on any atom is -0.496 e. The Labute approximate surface area is 156 Å². The van der Waals surface area contributed by atoms with Crippen molar-refractivity contribution in [1.29, 1.82) is 0 Å². The van der Waals surface area contributed by atoms with Gasteiger partial charge in [-0.1, -0.05) is 20.8 Å². The maximum atomic E-state index is 12.5. The SMILES string of the molecule is CCc1nc(OC(CC)CC)cnc1-c1cc(OC(F)(F)F)ccc1OC. The summed E-state index contributed by atoms with van der Waals surface area (Å²) in [6.45, 7) is 5.93. The molecule has 1 heterocycles. The summed E-state index contributed by atoms with van der Waals surface area (Å²) in [6, 6.07) is 3.85. The van der Waals surface area contributed by atoms with Crippen molar-refractivity contribution in [3.05, 3.63) is 30.1 Å². The number of alkyl halides is 3. The fourth-order valence-electron chi connectivity index (χ4n) is 2.63. The van der Waals surface area contributed by atoms with Crippen molar-refractivity contribution in [2.45, 2.75) is 52.5 Å². The molecule has 0 aliphatic rings. The molecule has 0 saturated carbocycles. The highest BCUT2D eigenvalue weighted by Crippen LogP contribution is 2.36. The normalized spacial score (nSPS) is 11.6. The van der Waals surface area contributed by atoms with Crippen molar-refractivity contribution in [2.75, 3.05) is 7.11 Å². The predicted octanol–water partition coefficient (Wildman–Crippen LogP) is 5.18. The lowest BCUT2D eigenvalue weighted by Gasteiger charge is -2.17. The number of aryl methyl sites for hydroxylation is 1. The molecule has 2 rings (SSSR count). The van der Waals surface area contributed by atoms with Crippen molar-refractivity contribution in [1.82, 2.24) is 9.97 Å². The first-order chi connectivity index (χ1) is 12.8. The standard InChI is InChI=1S/C19H23F3N2O3/c1-5-12(6-2)26-17-11-23-18(15(7-3)24-17)14-10-13(27-19(20,21)22)8-9-16(14)25-4/h8-12H,5-7H2,1-4H3. The molecular weight excluding hydrogens is 361 g/mol. The largest absolute Gasteiger partial charge is 0.573 e. The maximum absolute atomic E-state index is 12.5. The van der Waals surface area contributed by atoms with Gasteiger partial charge in [0, 0.05) is 5.56 Å². The molecule has 1 aromatic carbocycles. The Morgan fingerprint density at radius 3 is 2.37 bits per heavy atom. The Balaban J connectivity index is 2.45. The van der Waals surface area contributed by atoms with E-state index >= 15 is 0 Å². The molecule has 0 aliphatic heterocycles. The van der Waals surface area contributed by atoms with E-state index < -0.39 is 6.36 Å². The fourth-order valence-corrected chi connectivity index (χ4v) is 2.63. The van der Waals surface area contributed by atoms with Gasteiger partial charge in [0.05, 0.1) is 30.8 Å². The summed E-state index contributed by atoms with van der Waals surface area (Å²) in [5, 5.41) is 0. The number of aromatic nitrogens is 2. The van der Waals surface area contributed by atoms with E-state index in [2.05, 4.69) is 14.7 Å². The smallest absolute Gasteiger partial charge is 0.496 e. The zero-order chi connectivity index (χ0) is 20.0. The molecule has 0 fully saturated rings. The number of benzene rings is 1. The van der Waals surface area contributed by atoms with Crippen LogP contribution in [0.3, 0.4) is 0 Å². The minimum absolute atomic E-state index is 0.0351. The van der Waals surface area contributed by atoms with Crippen LogP contribution in [0.4, 0.5) is 13.2 Å². The highest BCUT2D eigenvalue weighted by Gasteiger charge is 2.31. The Morgan fingerprint density at radius 2 is 1.81 bits per heavy atom. The van der Waals surface area contributed by atoms with Crippen LogP contribution in [-0.2, 0) is 6.42 Å². The zero-order valence-corrected chi connectivity index (χ0v) is 15.8. The fraction of sp³-hybridized carbons (Fsp3) is 0.474. The number of ether oxygens (including phenoxy) is 3. The minimum atomic E-state index is -4.78. The van der Waals surface area contributed by atoms with Crippen molar-refractivity contribution >= 4 is 0 Å². The Morgan fingerprint density at radius 1 is 1.11 bits per heavy atom. The maximum Gasteiger partial charge on any atom is 0.573 e. The molecule has 0 spiro atoms. The average Bonchev–Trinajstić information content (AvgIpc) is 2.64. The quantitative estimate of drug-likeness (QED) is 0.628. The Kier molecular flexibility index (Phi) is 6.87. The van der Waals surface area contributed by atoms with Crippen LogP contribution >= 0.6 is 0 Å². The first kappa shape index (κ1) is 20.8. The van der Waals surface area contributed by atoms with Gasteiger partial charge in [0.2, 0.25) is 5.88 Å². The van der Waals surface area contributed by atoms with Gasteiger partial charge in [0.25, 0.3) is 0 Å². The molecule has 2 aromatic rings. The number of nitrogens with zero attached hydrogens (tertiary/aromatic N) is 2. The zero-order valence-electron chi connectivity index (χ0n) is 15.8. The Hall–Kier alpha value is -2.51. The summed E-state index contributed by atoms with van der Waals surface area (Å²) < 4.78 is 52.7. The second kappa shape index (κ2) is 8.92. The molecule has 0 amide bonds. The lowest BCUT2D eigenvalue weighted by atomic mass is 10.1. The van der Waals surface area contributed by atoms with Gasteiger partial charge >= 0.3 is 6.36 Å². The van der Waals surface area contributed by atoms with E-state index in [0.29, 0.717) is 35.0 Å². The van der Waals surface area contributed by atoms with Crippen LogP contribution in [0.2, 0.25) is 0 Å². The summed E-state index contributed by atoms with van der Waals surface area (Å²) in [5.41, 5.74) is 1.40. The third-order valence-corrected chi connectivity index (χ3v) is 4.02. The third-order valence-electron chi connectivity index (χ3n) is 4.02. The number of methoxy groups -OCH3 is 1. The predicted molar refractivity (Wildman–Crippen MR) is 95.1 cm³/mol. The molecule has 0 atom stereocenters. The molecule has 5 nitrogen and oxygen atoms in total. The van der Waals surface area contributed by atoms with Crippen molar-refractivity contribution in [2.24, 2.45) is 0 Å². The van der Waals surface area contributed by atoms with Crippen LogP contribution in [0, 0.1) is 0 Å². The molecule has 0 unspecified atom stereocenters. The molecule has 148 valence electrons. The van der Waals surface area contributed by atoms with Gasteiger partial charge in [-0.3, -0.25) is 0 Å². The first-order valence-corrected chi connectivity index (χ1v) is 8.77. The summed E-state index contributed by atoms with van der Waals surface area (Å²) in [6.07, 6.45) is -1.07. The lowest BCUT2D eigenvalue weighted by molar-refractivity contribution is -0.274. The van der Waals surface area contributed by atoms with Gasteiger partial charge in [-0.25, -0.2) is 9.97 Å². The highest BCUT2D eigenvalue weighted by molar-refractivity contribution is 5.71. The van der Waals surface area contributed by atoms with Gasteiger partial charge in [-0.2, -0.15) is 0 Å². The highest BCUT2D eigenvalue weighted by atomic mass is 19.4.